The van der Waals surface area contributed by atoms with Crippen molar-refractivity contribution in [2.75, 3.05) is 10.6 Å². The average Bonchev–Trinajstić information content (AvgIpc) is 3.31. The quantitative estimate of drug-likeness (QED) is 0.289. The van der Waals surface area contributed by atoms with Crippen LogP contribution in [-0.2, 0) is 5.41 Å². The second kappa shape index (κ2) is 9.97. The van der Waals surface area contributed by atoms with Gasteiger partial charge < -0.3 is 15.0 Å². The van der Waals surface area contributed by atoms with Crippen molar-refractivity contribution < 1.29 is 13.9 Å². The molecule has 0 fully saturated rings. The number of H-pyrrole nitrogens is 1. The summed E-state index contributed by atoms with van der Waals surface area (Å²) in [5, 5.41) is 9.88. The van der Waals surface area contributed by atoms with Crippen molar-refractivity contribution in [3.8, 4) is 17.2 Å². The number of benzene rings is 1. The normalized spacial score (nSPS) is 11.4. The molecule has 0 saturated heterocycles. The van der Waals surface area contributed by atoms with E-state index in [4.69, 9.17) is 4.74 Å². The van der Waals surface area contributed by atoms with Crippen LogP contribution in [0.25, 0.3) is 16.7 Å². The van der Waals surface area contributed by atoms with Crippen molar-refractivity contribution in [3.63, 3.8) is 0 Å². The van der Waals surface area contributed by atoms with Crippen LogP contribution in [0.3, 0.4) is 0 Å². The molecule has 39 heavy (non-hydrogen) atoms. The molecule has 0 aliphatic carbocycles. The molecule has 4 aromatic heterocycles. The molecule has 5 rings (SSSR count). The highest BCUT2D eigenvalue weighted by atomic mass is 19.1. The van der Waals surface area contributed by atoms with Gasteiger partial charge in [0, 0.05) is 36.0 Å². The molecular formula is C27H25FN8O3. The van der Waals surface area contributed by atoms with Gasteiger partial charge in [-0.05, 0) is 31.2 Å². The van der Waals surface area contributed by atoms with Gasteiger partial charge in [-0.1, -0.05) is 20.8 Å². The highest BCUT2D eigenvalue weighted by Crippen LogP contribution is 2.29. The summed E-state index contributed by atoms with van der Waals surface area (Å²) in [6.45, 7) is 7.66. The Morgan fingerprint density at radius 2 is 1.90 bits per heavy atom. The summed E-state index contributed by atoms with van der Waals surface area (Å²) < 4.78 is 22.3. The van der Waals surface area contributed by atoms with Crippen LogP contribution < -0.4 is 20.9 Å². The zero-order chi connectivity index (χ0) is 27.7. The summed E-state index contributed by atoms with van der Waals surface area (Å²) >= 11 is 0. The smallest absolute Gasteiger partial charge is 0.324 e. The molecule has 0 bridgehead atoms. The minimum absolute atomic E-state index is 0.0617. The van der Waals surface area contributed by atoms with Crippen LogP contribution in [0.15, 0.2) is 65.8 Å². The average molecular weight is 529 g/mol. The number of ether oxygens (including phenoxy) is 1. The zero-order valence-corrected chi connectivity index (χ0v) is 21.6. The van der Waals surface area contributed by atoms with E-state index in [2.05, 4.69) is 35.7 Å². The molecule has 0 spiro atoms. The van der Waals surface area contributed by atoms with Crippen LogP contribution in [0.4, 0.5) is 20.7 Å². The van der Waals surface area contributed by atoms with Crippen LogP contribution in [0.2, 0.25) is 0 Å². The molecule has 3 N–H and O–H groups in total. The number of aromatic nitrogens is 6. The molecule has 11 nitrogen and oxygen atoms in total. The van der Waals surface area contributed by atoms with E-state index in [9.17, 15) is 14.0 Å². The van der Waals surface area contributed by atoms with Crippen molar-refractivity contribution in [1.29, 1.82) is 0 Å². The van der Waals surface area contributed by atoms with Gasteiger partial charge in [0.2, 0.25) is 0 Å². The number of pyridine rings is 2. The maximum atomic E-state index is 15.0. The van der Waals surface area contributed by atoms with Gasteiger partial charge in [0.15, 0.2) is 11.3 Å². The second-order valence-electron chi connectivity index (χ2n) is 9.77. The SMILES string of the molecule is Cc1nc2c(Oc3ccc(NC(=O)Nc4cc(C(C)(C)C)nn4-c4cccnc4)c(F)c3)ccnc2c(=O)[nH]1. The number of urea groups is 1. The molecule has 198 valence electrons. The lowest BCUT2D eigenvalue weighted by molar-refractivity contribution is 0.262. The largest absolute Gasteiger partial charge is 0.455 e. The van der Waals surface area contributed by atoms with Crippen LogP contribution in [0.1, 0.15) is 32.3 Å². The first-order valence-electron chi connectivity index (χ1n) is 12.0. The van der Waals surface area contributed by atoms with Gasteiger partial charge in [-0.2, -0.15) is 5.10 Å². The summed E-state index contributed by atoms with van der Waals surface area (Å²) in [6, 6.07) is 10.2. The molecule has 4 heterocycles. The van der Waals surface area contributed by atoms with Crippen molar-refractivity contribution in [3.05, 3.63) is 88.7 Å². The molecular weight excluding hydrogens is 503 g/mol. The Bertz CT molecular complexity index is 1740. The Hall–Kier alpha value is -5.13. The van der Waals surface area contributed by atoms with E-state index in [1.54, 1.807) is 36.1 Å². The molecule has 12 heteroatoms. The lowest BCUT2D eigenvalue weighted by Crippen LogP contribution is -2.22. The Labute approximate surface area is 222 Å². The van der Waals surface area contributed by atoms with E-state index < -0.39 is 17.4 Å². The number of amides is 2. The number of hydrogen-bond donors (Lipinski definition) is 3. The van der Waals surface area contributed by atoms with Gasteiger partial charge in [-0.25, -0.2) is 23.8 Å². The third-order valence-corrected chi connectivity index (χ3v) is 5.70. The number of nitrogens with one attached hydrogen (secondary N) is 3. The highest BCUT2D eigenvalue weighted by molar-refractivity contribution is 5.99. The summed E-state index contributed by atoms with van der Waals surface area (Å²) in [5.74, 6) is 0.453. The van der Waals surface area contributed by atoms with Gasteiger partial charge in [-0.15, -0.1) is 0 Å². The summed E-state index contributed by atoms with van der Waals surface area (Å²) in [4.78, 5) is 40.0. The molecule has 0 saturated carbocycles. The predicted octanol–water partition coefficient (Wildman–Crippen LogP) is 5.08. The molecule has 1 aromatic carbocycles. The first-order chi connectivity index (χ1) is 18.6. The zero-order valence-electron chi connectivity index (χ0n) is 21.6. The van der Waals surface area contributed by atoms with Gasteiger partial charge >= 0.3 is 6.03 Å². The molecule has 0 radical (unpaired) electrons. The number of rotatable bonds is 5. The number of halogens is 1. The van der Waals surface area contributed by atoms with Crippen molar-refractivity contribution in [1.82, 2.24) is 29.7 Å². The minimum Gasteiger partial charge on any atom is -0.455 e. The van der Waals surface area contributed by atoms with Gasteiger partial charge in [0.05, 0.1) is 23.3 Å². The lowest BCUT2D eigenvalue weighted by atomic mass is 9.92. The monoisotopic (exact) mass is 528 g/mol. The van der Waals surface area contributed by atoms with Gasteiger partial charge in [0.1, 0.15) is 28.7 Å². The number of hydrogen-bond acceptors (Lipinski definition) is 7. The third-order valence-electron chi connectivity index (χ3n) is 5.70. The number of anilines is 2. The van der Waals surface area contributed by atoms with Crippen LogP contribution in [0.5, 0.6) is 11.5 Å². The van der Waals surface area contributed by atoms with Crippen LogP contribution in [-0.4, -0.2) is 35.7 Å². The fourth-order valence-electron chi connectivity index (χ4n) is 3.78. The van der Waals surface area contributed by atoms with E-state index in [0.29, 0.717) is 17.3 Å². The molecule has 5 aromatic rings. The fraction of sp³-hybridized carbons (Fsp3) is 0.185. The standard InChI is InChI=1S/C27H25FN8O3/c1-15-31-23-20(9-11-30-24(23)25(37)32-15)39-17-7-8-19(18(28)12-17)33-26(38)34-22-13-21(27(2,3)4)35-36(22)16-6-5-10-29-14-16/h5-14H,1-4H3,(H,31,32,37)(H2,33,34,38). The Morgan fingerprint density at radius 1 is 1.08 bits per heavy atom. The highest BCUT2D eigenvalue weighted by Gasteiger charge is 2.22. The second-order valence-corrected chi connectivity index (χ2v) is 9.77. The maximum Gasteiger partial charge on any atom is 0.324 e. The number of carbonyl (C=O) groups excluding carboxylic acids is 1. The lowest BCUT2D eigenvalue weighted by Gasteiger charge is -2.14. The van der Waals surface area contributed by atoms with Crippen LogP contribution >= 0.6 is 0 Å². The Morgan fingerprint density at radius 3 is 2.62 bits per heavy atom. The molecule has 0 atom stereocenters. The molecule has 0 aliphatic heterocycles. The molecule has 0 aliphatic rings. The number of carbonyl (C=O) groups is 1. The predicted molar refractivity (Wildman–Crippen MR) is 144 cm³/mol. The van der Waals surface area contributed by atoms with E-state index in [1.807, 2.05) is 26.8 Å². The Balaban J connectivity index is 1.35. The molecule has 0 unspecified atom stereocenters. The first-order valence-corrected chi connectivity index (χ1v) is 12.0. The topological polar surface area (TPSA) is 140 Å². The first kappa shape index (κ1) is 25.5. The van der Waals surface area contributed by atoms with Crippen molar-refractivity contribution in [2.24, 2.45) is 0 Å². The summed E-state index contributed by atoms with van der Waals surface area (Å²) in [5.41, 5.74) is 1.03. The van der Waals surface area contributed by atoms with E-state index in [-0.39, 0.29) is 33.6 Å². The van der Waals surface area contributed by atoms with E-state index in [1.165, 1.54) is 24.4 Å². The minimum atomic E-state index is -0.723. The third kappa shape index (κ3) is 5.44. The van der Waals surface area contributed by atoms with E-state index in [0.717, 1.165) is 11.8 Å². The van der Waals surface area contributed by atoms with Crippen molar-refractivity contribution >= 4 is 28.6 Å². The fourth-order valence-corrected chi connectivity index (χ4v) is 3.78. The van der Waals surface area contributed by atoms with E-state index >= 15 is 0 Å². The van der Waals surface area contributed by atoms with Gasteiger partial charge in [-0.3, -0.25) is 15.1 Å². The van der Waals surface area contributed by atoms with Crippen molar-refractivity contribution in [2.45, 2.75) is 33.1 Å². The summed E-state index contributed by atoms with van der Waals surface area (Å²) in [7, 11) is 0. The molecule has 2 amide bonds. The Kier molecular flexibility index (Phi) is 6.52. The number of aryl methyl sites for hydroxylation is 1. The number of aromatic amines is 1. The maximum absolute atomic E-state index is 15.0. The number of fused-ring (bicyclic) bond motifs is 1. The van der Waals surface area contributed by atoms with Gasteiger partial charge in [0.25, 0.3) is 5.56 Å². The van der Waals surface area contributed by atoms with Crippen LogP contribution in [0, 0.1) is 12.7 Å². The summed E-state index contributed by atoms with van der Waals surface area (Å²) in [6.07, 6.45) is 4.67. The number of nitrogens with zero attached hydrogens (tertiary/aromatic N) is 5.